The summed E-state index contributed by atoms with van der Waals surface area (Å²) in [6.07, 6.45) is -3.21. The van der Waals surface area contributed by atoms with Crippen molar-refractivity contribution in [2.45, 2.75) is 33.5 Å². The monoisotopic (exact) mass is 566 g/mol. The van der Waals surface area contributed by atoms with Crippen molar-refractivity contribution >= 4 is 34.2 Å². The first-order chi connectivity index (χ1) is 19.3. The normalized spacial score (nSPS) is 11.7. The molecule has 0 saturated carbocycles. The Balaban J connectivity index is 1.68. The van der Waals surface area contributed by atoms with Gasteiger partial charge in [-0.2, -0.15) is 13.2 Å². The number of hydrogen-bond acceptors (Lipinski definition) is 7. The minimum atomic E-state index is -4.77. The quantitative estimate of drug-likeness (QED) is 0.264. The van der Waals surface area contributed by atoms with Gasteiger partial charge < -0.3 is 20.7 Å². The molecule has 0 spiro atoms. The number of benzene rings is 2. The first-order valence-corrected chi connectivity index (χ1v) is 12.6. The lowest BCUT2D eigenvalue weighted by atomic mass is 9.95. The lowest BCUT2D eigenvalue weighted by molar-refractivity contribution is -0.138. The standard InChI is InChI=1S/C29H29F3N6O3/c1-28(2,3)27(40)35-15-16-6-9-21(29(30,31)32)20(12-16)26(39)36-18-7-8-19-22(14-18)37-24(38-25(19)33-4)17-10-11-34-23(13-17)41-5/h6-14H,15H2,1-5H3,(H,35,40)(H,36,39)(H,33,37,38). The van der Waals surface area contributed by atoms with Crippen molar-refractivity contribution in [1.29, 1.82) is 0 Å². The second-order valence-electron chi connectivity index (χ2n) is 10.2. The molecule has 214 valence electrons. The molecule has 2 aromatic carbocycles. The highest BCUT2D eigenvalue weighted by atomic mass is 19.4. The average Bonchev–Trinajstić information content (AvgIpc) is 2.93. The summed E-state index contributed by atoms with van der Waals surface area (Å²) in [5, 5.41) is 8.90. The summed E-state index contributed by atoms with van der Waals surface area (Å²) in [4.78, 5) is 38.6. The summed E-state index contributed by atoms with van der Waals surface area (Å²) in [5.74, 6) is 0.0204. The molecule has 0 bridgehead atoms. The van der Waals surface area contributed by atoms with Gasteiger partial charge in [-0.3, -0.25) is 9.59 Å². The molecule has 4 rings (SSSR count). The number of aromatic nitrogens is 3. The van der Waals surface area contributed by atoms with Gasteiger partial charge >= 0.3 is 6.18 Å². The minimum absolute atomic E-state index is 0.0310. The van der Waals surface area contributed by atoms with E-state index < -0.39 is 28.6 Å². The fraction of sp³-hybridized carbons (Fsp3) is 0.276. The third kappa shape index (κ3) is 6.71. The molecule has 0 atom stereocenters. The molecular formula is C29H29F3N6O3. The van der Waals surface area contributed by atoms with Crippen molar-refractivity contribution in [3.8, 4) is 17.3 Å². The van der Waals surface area contributed by atoms with Crippen LogP contribution in [0.15, 0.2) is 54.7 Å². The maximum atomic E-state index is 13.8. The number of methoxy groups -OCH3 is 1. The fourth-order valence-electron chi connectivity index (χ4n) is 3.97. The molecule has 3 N–H and O–H groups in total. The number of pyridine rings is 1. The van der Waals surface area contributed by atoms with Crippen LogP contribution in [0.3, 0.4) is 0 Å². The van der Waals surface area contributed by atoms with Gasteiger partial charge in [0.2, 0.25) is 11.8 Å². The predicted octanol–water partition coefficient (Wildman–Crippen LogP) is 5.68. The zero-order valence-corrected chi connectivity index (χ0v) is 23.1. The highest BCUT2D eigenvalue weighted by molar-refractivity contribution is 6.06. The van der Waals surface area contributed by atoms with Gasteiger partial charge in [-0.15, -0.1) is 0 Å². The highest BCUT2D eigenvalue weighted by Crippen LogP contribution is 2.34. The van der Waals surface area contributed by atoms with Crippen molar-refractivity contribution in [3.05, 3.63) is 71.4 Å². The smallest absolute Gasteiger partial charge is 0.417 e. The number of hydrogen-bond donors (Lipinski definition) is 3. The third-order valence-corrected chi connectivity index (χ3v) is 6.16. The molecule has 2 amide bonds. The molecule has 0 fully saturated rings. The molecule has 12 heteroatoms. The molecule has 4 aromatic rings. The molecule has 2 heterocycles. The Labute approximate surface area is 234 Å². The fourth-order valence-corrected chi connectivity index (χ4v) is 3.97. The summed E-state index contributed by atoms with van der Waals surface area (Å²) in [7, 11) is 3.19. The first-order valence-electron chi connectivity index (χ1n) is 12.6. The molecule has 0 aliphatic carbocycles. The van der Waals surface area contributed by atoms with E-state index in [-0.39, 0.29) is 18.1 Å². The van der Waals surface area contributed by atoms with Crippen LogP contribution in [-0.4, -0.2) is 40.9 Å². The van der Waals surface area contributed by atoms with Crippen LogP contribution in [-0.2, 0) is 17.5 Å². The summed E-state index contributed by atoms with van der Waals surface area (Å²) in [6.45, 7) is 5.13. The molecule has 0 aliphatic heterocycles. The van der Waals surface area contributed by atoms with Crippen LogP contribution < -0.4 is 20.7 Å². The Morgan fingerprint density at radius 2 is 1.73 bits per heavy atom. The molecule has 9 nitrogen and oxygen atoms in total. The minimum Gasteiger partial charge on any atom is -0.481 e. The van der Waals surface area contributed by atoms with Gasteiger partial charge in [0.15, 0.2) is 5.82 Å². The predicted molar refractivity (Wildman–Crippen MR) is 150 cm³/mol. The Hall–Kier alpha value is -4.74. The van der Waals surface area contributed by atoms with Crippen LogP contribution in [0, 0.1) is 5.41 Å². The number of nitrogens with one attached hydrogen (secondary N) is 3. The van der Waals surface area contributed by atoms with Crippen LogP contribution in [0.4, 0.5) is 24.7 Å². The number of alkyl halides is 3. The Kier molecular flexibility index (Phi) is 8.13. The lowest BCUT2D eigenvalue weighted by Gasteiger charge is -2.19. The summed E-state index contributed by atoms with van der Waals surface area (Å²) in [5.41, 5.74) is -0.664. The van der Waals surface area contributed by atoms with E-state index in [2.05, 4.69) is 30.9 Å². The van der Waals surface area contributed by atoms with E-state index in [1.807, 2.05) is 0 Å². The third-order valence-electron chi connectivity index (χ3n) is 6.16. The van der Waals surface area contributed by atoms with E-state index in [9.17, 15) is 22.8 Å². The summed E-state index contributed by atoms with van der Waals surface area (Å²) in [6, 6.07) is 11.4. The van der Waals surface area contributed by atoms with E-state index in [1.165, 1.54) is 13.2 Å². The molecule has 0 unspecified atom stereocenters. The van der Waals surface area contributed by atoms with Crippen molar-refractivity contribution in [2.75, 3.05) is 24.8 Å². The van der Waals surface area contributed by atoms with Crippen LogP contribution >= 0.6 is 0 Å². The number of amides is 2. The molecule has 2 aromatic heterocycles. The topological polar surface area (TPSA) is 118 Å². The van der Waals surface area contributed by atoms with E-state index in [0.717, 1.165) is 12.1 Å². The first kappa shape index (κ1) is 29.2. The van der Waals surface area contributed by atoms with E-state index in [1.54, 1.807) is 64.3 Å². The number of halogens is 3. The van der Waals surface area contributed by atoms with Crippen molar-refractivity contribution < 1.29 is 27.5 Å². The van der Waals surface area contributed by atoms with Crippen LogP contribution in [0.25, 0.3) is 22.3 Å². The largest absolute Gasteiger partial charge is 0.481 e. The molecule has 0 saturated heterocycles. The molecule has 41 heavy (non-hydrogen) atoms. The molecule has 0 radical (unpaired) electrons. The number of nitrogens with zero attached hydrogens (tertiary/aromatic N) is 3. The zero-order chi connectivity index (χ0) is 29.9. The molecule has 0 aliphatic rings. The van der Waals surface area contributed by atoms with Gasteiger partial charge in [0, 0.05) is 47.9 Å². The number of rotatable bonds is 7. The van der Waals surface area contributed by atoms with Crippen LogP contribution in [0.2, 0.25) is 0 Å². The maximum absolute atomic E-state index is 13.8. The number of carbonyl (C=O) groups is 2. The van der Waals surface area contributed by atoms with Crippen molar-refractivity contribution in [2.24, 2.45) is 5.41 Å². The average molecular weight is 567 g/mol. The van der Waals surface area contributed by atoms with Crippen molar-refractivity contribution in [1.82, 2.24) is 20.3 Å². The van der Waals surface area contributed by atoms with Gasteiger partial charge in [0.25, 0.3) is 5.91 Å². The number of ether oxygens (including phenoxy) is 1. The van der Waals surface area contributed by atoms with Crippen LogP contribution in [0.1, 0.15) is 42.3 Å². The Morgan fingerprint density at radius 3 is 2.39 bits per heavy atom. The number of anilines is 2. The number of carbonyl (C=O) groups excluding carboxylic acids is 2. The van der Waals surface area contributed by atoms with Gasteiger partial charge in [-0.1, -0.05) is 26.8 Å². The maximum Gasteiger partial charge on any atom is 0.417 e. The highest BCUT2D eigenvalue weighted by Gasteiger charge is 2.35. The van der Waals surface area contributed by atoms with Crippen LogP contribution in [0.5, 0.6) is 5.88 Å². The van der Waals surface area contributed by atoms with Gasteiger partial charge in [0.1, 0.15) is 5.82 Å². The summed E-state index contributed by atoms with van der Waals surface area (Å²) >= 11 is 0. The SMILES string of the molecule is CNc1nc(-c2ccnc(OC)c2)nc2cc(NC(=O)c3cc(CNC(=O)C(C)(C)C)ccc3C(F)(F)F)ccc12. The zero-order valence-electron chi connectivity index (χ0n) is 23.1. The van der Waals surface area contributed by atoms with Gasteiger partial charge in [-0.25, -0.2) is 15.0 Å². The Morgan fingerprint density at radius 1 is 0.976 bits per heavy atom. The molecular weight excluding hydrogens is 537 g/mol. The van der Waals surface area contributed by atoms with Crippen molar-refractivity contribution in [3.63, 3.8) is 0 Å². The second-order valence-corrected chi connectivity index (χ2v) is 10.2. The summed E-state index contributed by atoms with van der Waals surface area (Å²) < 4.78 is 46.6. The van der Waals surface area contributed by atoms with E-state index in [0.29, 0.717) is 39.6 Å². The Bertz CT molecular complexity index is 1620. The second kappa shape index (κ2) is 11.4. The number of fused-ring (bicyclic) bond motifs is 1. The lowest BCUT2D eigenvalue weighted by Crippen LogP contribution is -2.34. The van der Waals surface area contributed by atoms with E-state index >= 15 is 0 Å². The van der Waals surface area contributed by atoms with Gasteiger partial charge in [0.05, 0.1) is 23.8 Å². The van der Waals surface area contributed by atoms with Gasteiger partial charge in [-0.05, 0) is 42.0 Å². The van der Waals surface area contributed by atoms with E-state index in [4.69, 9.17) is 4.74 Å².